The summed E-state index contributed by atoms with van der Waals surface area (Å²) in [7, 11) is 0. The number of carbonyl (C=O) groups excluding carboxylic acids is 6. The average molecular weight is 808 g/mol. The number of hydrogen-bond donors (Lipinski definition) is 8. The number of carboxylic acids is 2. The van der Waals surface area contributed by atoms with E-state index in [1.165, 1.54) is 26.5 Å². The van der Waals surface area contributed by atoms with E-state index >= 15 is 0 Å². The maximum Gasteiger partial charge on any atom is 2.00 e. The third-order valence-corrected chi connectivity index (χ3v) is 7.80. The van der Waals surface area contributed by atoms with Gasteiger partial charge in [-0.05, 0) is 37.8 Å². The molecule has 4 aromatic rings. The Bertz CT molecular complexity index is 1660. The smallest absolute Gasteiger partial charge is 0.548 e. The van der Waals surface area contributed by atoms with Crippen molar-refractivity contribution in [1.82, 2.24) is 41.2 Å². The number of nitrogens with zero attached hydrogens (tertiary/aromatic N) is 2. The van der Waals surface area contributed by atoms with Crippen molar-refractivity contribution >= 4 is 35.6 Å². The predicted molar refractivity (Wildman–Crippen MR) is 190 cm³/mol. The summed E-state index contributed by atoms with van der Waals surface area (Å²) in [5, 5.41) is 32.8. The number of hydrogen-bond acceptors (Lipinski definition) is 12. The molecule has 4 amide bonds. The number of benzene rings is 2. The molecule has 0 aliphatic rings. The van der Waals surface area contributed by atoms with Crippen LogP contribution in [-0.4, -0.2) is 91.8 Å². The maximum atomic E-state index is 12.6. The van der Waals surface area contributed by atoms with E-state index in [2.05, 4.69) is 41.2 Å². The van der Waals surface area contributed by atoms with Crippen LogP contribution >= 0.6 is 0 Å². The summed E-state index contributed by atoms with van der Waals surface area (Å²) in [6.07, 6.45) is 6.33. The van der Waals surface area contributed by atoms with Crippen molar-refractivity contribution in [3.8, 4) is 0 Å². The summed E-state index contributed by atoms with van der Waals surface area (Å²) in [6.45, 7) is 2.97. The molecule has 2 aromatic heterocycles. The number of aromatic amines is 2. The van der Waals surface area contributed by atoms with Crippen molar-refractivity contribution in [2.24, 2.45) is 11.5 Å². The second-order valence-corrected chi connectivity index (χ2v) is 12.4. The van der Waals surface area contributed by atoms with Crippen molar-refractivity contribution in [3.05, 3.63) is 108 Å². The minimum Gasteiger partial charge on any atom is -0.548 e. The molecule has 1 radical (unpaired) electrons. The van der Waals surface area contributed by atoms with E-state index in [9.17, 15) is 39.0 Å². The quantitative estimate of drug-likeness (QED) is 0.0455. The van der Waals surface area contributed by atoms with Crippen LogP contribution in [0.5, 0.6) is 0 Å². The minimum atomic E-state index is -1.41. The molecule has 4 rings (SSSR count). The van der Waals surface area contributed by atoms with Gasteiger partial charge in [-0.25, -0.2) is 9.97 Å². The fraction of sp³-hybridized carbons (Fsp3) is 0.333. The molecule has 6 atom stereocenters. The van der Waals surface area contributed by atoms with E-state index in [0.717, 1.165) is 11.1 Å². The normalized spacial score (nSPS) is 13.7. The Labute approximate surface area is 327 Å². The third-order valence-electron chi connectivity index (χ3n) is 7.80. The van der Waals surface area contributed by atoms with Gasteiger partial charge in [0.1, 0.15) is 12.1 Å². The second kappa shape index (κ2) is 23.0. The van der Waals surface area contributed by atoms with E-state index in [0.29, 0.717) is 11.4 Å². The largest absolute Gasteiger partial charge is 2.00 e. The molecule has 19 heteroatoms. The van der Waals surface area contributed by atoms with Crippen molar-refractivity contribution in [1.29, 1.82) is 0 Å². The molecule has 0 aliphatic heterocycles. The number of amides is 4. The topological polar surface area (TPSA) is 306 Å². The van der Waals surface area contributed by atoms with E-state index in [1.54, 1.807) is 73.1 Å². The van der Waals surface area contributed by atoms with Gasteiger partial charge in [-0.2, -0.15) is 0 Å². The maximum absolute atomic E-state index is 12.6. The van der Waals surface area contributed by atoms with E-state index < -0.39 is 71.8 Å². The second-order valence-electron chi connectivity index (χ2n) is 12.4. The van der Waals surface area contributed by atoms with Gasteiger partial charge in [0.25, 0.3) is 0 Å². The van der Waals surface area contributed by atoms with Crippen molar-refractivity contribution in [3.63, 3.8) is 0 Å². The van der Waals surface area contributed by atoms with Crippen molar-refractivity contribution in [2.45, 2.75) is 75.8 Å². The molecule has 0 unspecified atom stereocenters. The van der Waals surface area contributed by atoms with Crippen LogP contribution in [0.4, 0.5) is 0 Å². The van der Waals surface area contributed by atoms with Crippen LogP contribution in [0.15, 0.2) is 85.7 Å². The Morgan fingerprint density at radius 1 is 0.564 bits per heavy atom. The van der Waals surface area contributed by atoms with Gasteiger partial charge in [-0.15, -0.1) is 0 Å². The number of H-pyrrole nitrogens is 2. The van der Waals surface area contributed by atoms with Gasteiger partial charge in [0.15, 0.2) is 0 Å². The summed E-state index contributed by atoms with van der Waals surface area (Å²) in [4.78, 5) is 85.6. The monoisotopic (exact) mass is 807 g/mol. The Balaban J connectivity index is 0.000000373. The zero-order chi connectivity index (χ0) is 39.6. The molecule has 0 saturated heterocycles. The SMILES string of the molecule is C[C@H](N)C(=O)N[C@@H](Cc1c[nH]cn1)C(=O)N[C@@H](Cc1ccccc1)C(=O)[O-].C[C@H](N)C(=O)N[C@@H](Cc1c[nH]cn1)C(=O)N[C@@H](Cc1ccccc1)C(=O)[O-].[Cu+2]. The minimum absolute atomic E-state index is 0. The van der Waals surface area contributed by atoms with E-state index in [1.807, 2.05) is 0 Å². The molecule has 55 heavy (non-hydrogen) atoms. The number of nitrogens with one attached hydrogen (secondary N) is 6. The number of imidazole rings is 2. The molecule has 10 N–H and O–H groups in total. The number of aliphatic carboxylic acids is 2. The summed E-state index contributed by atoms with van der Waals surface area (Å²) in [6, 6.07) is 11.5. The van der Waals surface area contributed by atoms with Crippen LogP contribution in [0.3, 0.4) is 0 Å². The molecule has 18 nitrogen and oxygen atoms in total. The number of nitrogens with two attached hydrogens (primary N) is 2. The van der Waals surface area contributed by atoms with Crippen LogP contribution in [0, 0.1) is 0 Å². The first-order valence-electron chi connectivity index (χ1n) is 16.9. The number of rotatable bonds is 18. The molecule has 297 valence electrons. The Hall–Kier alpha value is -5.88. The van der Waals surface area contributed by atoms with Gasteiger partial charge in [-0.3, -0.25) is 19.2 Å². The Morgan fingerprint density at radius 2 is 0.891 bits per heavy atom. The molecule has 0 saturated carbocycles. The van der Waals surface area contributed by atoms with Crippen molar-refractivity contribution < 1.29 is 56.0 Å². The van der Waals surface area contributed by atoms with Crippen LogP contribution < -0.4 is 42.9 Å². The van der Waals surface area contributed by atoms with E-state index in [-0.39, 0.29) is 42.8 Å². The number of carbonyl (C=O) groups is 6. The van der Waals surface area contributed by atoms with Crippen LogP contribution in [0.2, 0.25) is 0 Å². The summed E-state index contributed by atoms with van der Waals surface area (Å²) in [5.41, 5.74) is 13.6. The van der Waals surface area contributed by atoms with Gasteiger partial charge < -0.3 is 62.5 Å². The fourth-order valence-corrected chi connectivity index (χ4v) is 4.88. The van der Waals surface area contributed by atoms with Gasteiger partial charge in [0.2, 0.25) is 23.6 Å². The molecular weight excluding hydrogens is 764 g/mol. The molecule has 0 fully saturated rings. The summed E-state index contributed by atoms with van der Waals surface area (Å²) >= 11 is 0. The molecule has 0 spiro atoms. The van der Waals surface area contributed by atoms with Crippen LogP contribution in [0.25, 0.3) is 0 Å². The van der Waals surface area contributed by atoms with Gasteiger partial charge in [-0.1, -0.05) is 60.7 Å². The van der Waals surface area contributed by atoms with E-state index in [4.69, 9.17) is 11.5 Å². The van der Waals surface area contributed by atoms with Gasteiger partial charge in [0.05, 0.1) is 60.1 Å². The average Bonchev–Trinajstić information content (AvgIpc) is 3.86. The first-order chi connectivity index (χ1) is 25.7. The van der Waals surface area contributed by atoms with Crippen LogP contribution in [-0.2, 0) is 71.5 Å². The van der Waals surface area contributed by atoms with Gasteiger partial charge in [0, 0.05) is 25.2 Å². The summed E-state index contributed by atoms with van der Waals surface area (Å²) in [5.74, 6) is -5.19. The molecular formula is C36H44CuN10O8. The Kier molecular flexibility index (Phi) is 19.0. The predicted octanol–water partition coefficient (Wildman–Crippen LogP) is -3.48. The summed E-state index contributed by atoms with van der Waals surface area (Å²) < 4.78 is 0. The van der Waals surface area contributed by atoms with Gasteiger partial charge >= 0.3 is 17.1 Å². The molecule has 0 aliphatic carbocycles. The standard InChI is InChI=1S/2C18H23N5O4.Cu/c2*1-11(19)16(24)22-14(8-13-9-20-10-21-13)17(25)23-15(18(26)27)7-12-5-3-2-4-6-12;/h2*2-6,9-11,14-15H,7-8,19H2,1H3,(H,20,21)(H,22,24)(H,23,25)(H,26,27);/q;;+2/p-2/t2*11-,14-,15-;/m00./s1. The third kappa shape index (κ3) is 15.9. The molecule has 0 bridgehead atoms. The zero-order valence-electron chi connectivity index (χ0n) is 30.0. The Morgan fingerprint density at radius 3 is 1.16 bits per heavy atom. The first-order valence-corrected chi connectivity index (χ1v) is 16.9. The fourth-order valence-electron chi connectivity index (χ4n) is 4.88. The first kappa shape index (κ1) is 45.3. The zero-order valence-corrected chi connectivity index (χ0v) is 30.9. The van der Waals surface area contributed by atoms with Crippen molar-refractivity contribution in [2.75, 3.05) is 0 Å². The number of carboxylic acid groups (broad SMARTS) is 2. The molecule has 2 aromatic carbocycles. The number of aromatic nitrogens is 4. The molecule has 2 heterocycles. The van der Waals surface area contributed by atoms with Crippen LogP contribution in [0.1, 0.15) is 36.4 Å².